The predicted molar refractivity (Wildman–Crippen MR) is 86.9 cm³/mol. The van der Waals surface area contributed by atoms with Crippen molar-refractivity contribution in [2.24, 2.45) is 17.6 Å². The molecule has 20 heavy (non-hydrogen) atoms. The number of hydrogen-bond acceptors (Lipinski definition) is 3. The highest BCUT2D eigenvalue weighted by Gasteiger charge is 2.44. The largest absolute Gasteiger partial charge is 0.329 e. The molecule has 3 atom stereocenters. The van der Waals surface area contributed by atoms with Crippen LogP contribution >= 0.6 is 0 Å². The van der Waals surface area contributed by atoms with Crippen molar-refractivity contribution in [2.45, 2.75) is 64.5 Å². The predicted octanol–water partition coefficient (Wildman–Crippen LogP) is 2.56. The maximum atomic E-state index is 6.34. The molecule has 0 aromatic heterocycles. The van der Waals surface area contributed by atoms with Crippen LogP contribution in [0.3, 0.4) is 0 Å². The highest BCUT2D eigenvalue weighted by molar-refractivity contribution is 5.00. The fourth-order valence-corrected chi connectivity index (χ4v) is 4.97. The summed E-state index contributed by atoms with van der Waals surface area (Å²) >= 11 is 0. The molecule has 2 N–H and O–H groups in total. The highest BCUT2D eigenvalue weighted by atomic mass is 15.3. The van der Waals surface area contributed by atoms with Gasteiger partial charge in [-0.1, -0.05) is 20.8 Å². The zero-order valence-electron chi connectivity index (χ0n) is 14.1. The SMILES string of the molecule is CCC1CN(C)CCCN1C1(CN)CC(C)CC(C)C1. The maximum absolute atomic E-state index is 6.34. The van der Waals surface area contributed by atoms with E-state index in [-0.39, 0.29) is 5.54 Å². The Morgan fingerprint density at radius 3 is 2.35 bits per heavy atom. The van der Waals surface area contributed by atoms with Crippen LogP contribution in [0.1, 0.15) is 52.9 Å². The van der Waals surface area contributed by atoms with Crippen LogP contribution in [0.25, 0.3) is 0 Å². The minimum Gasteiger partial charge on any atom is -0.329 e. The van der Waals surface area contributed by atoms with Gasteiger partial charge in [-0.05, 0) is 57.5 Å². The van der Waals surface area contributed by atoms with E-state index in [2.05, 4.69) is 37.6 Å². The van der Waals surface area contributed by atoms with Crippen LogP contribution in [0.5, 0.6) is 0 Å². The maximum Gasteiger partial charge on any atom is 0.0340 e. The summed E-state index contributed by atoms with van der Waals surface area (Å²) in [6.07, 6.45) is 6.51. The molecule has 3 nitrogen and oxygen atoms in total. The van der Waals surface area contributed by atoms with E-state index in [1.165, 1.54) is 51.7 Å². The van der Waals surface area contributed by atoms with E-state index >= 15 is 0 Å². The number of hydrogen-bond donors (Lipinski definition) is 1. The standard InChI is InChI=1S/C17H35N3/c1-5-16-12-19(4)7-6-8-20(16)17(13-18)10-14(2)9-15(3)11-17/h14-16H,5-13,18H2,1-4H3. The zero-order valence-corrected chi connectivity index (χ0v) is 14.1. The van der Waals surface area contributed by atoms with Crippen molar-refractivity contribution in [3.05, 3.63) is 0 Å². The van der Waals surface area contributed by atoms with Gasteiger partial charge in [-0.25, -0.2) is 0 Å². The first kappa shape index (κ1) is 16.3. The van der Waals surface area contributed by atoms with Gasteiger partial charge in [-0.3, -0.25) is 4.90 Å². The summed E-state index contributed by atoms with van der Waals surface area (Å²) in [5, 5.41) is 0. The Labute approximate surface area is 125 Å². The fourth-order valence-electron chi connectivity index (χ4n) is 4.97. The molecule has 3 unspecified atom stereocenters. The first-order valence-corrected chi connectivity index (χ1v) is 8.66. The van der Waals surface area contributed by atoms with Gasteiger partial charge < -0.3 is 10.6 Å². The van der Waals surface area contributed by atoms with Crippen LogP contribution in [0.2, 0.25) is 0 Å². The summed E-state index contributed by atoms with van der Waals surface area (Å²) in [4.78, 5) is 5.33. The molecule has 118 valence electrons. The van der Waals surface area contributed by atoms with Crippen LogP contribution < -0.4 is 5.73 Å². The van der Waals surface area contributed by atoms with E-state index in [0.29, 0.717) is 6.04 Å². The van der Waals surface area contributed by atoms with E-state index in [4.69, 9.17) is 5.73 Å². The Hall–Kier alpha value is -0.120. The smallest absolute Gasteiger partial charge is 0.0340 e. The third kappa shape index (κ3) is 3.37. The third-order valence-corrected chi connectivity index (χ3v) is 5.62. The molecule has 0 aromatic rings. The van der Waals surface area contributed by atoms with Gasteiger partial charge in [0, 0.05) is 31.2 Å². The quantitative estimate of drug-likeness (QED) is 0.863. The average Bonchev–Trinajstić information content (AvgIpc) is 2.59. The Balaban J connectivity index is 2.23. The van der Waals surface area contributed by atoms with Crippen LogP contribution in [0, 0.1) is 11.8 Å². The van der Waals surface area contributed by atoms with Gasteiger partial charge >= 0.3 is 0 Å². The fraction of sp³-hybridized carbons (Fsp3) is 1.00. The summed E-state index contributed by atoms with van der Waals surface area (Å²) in [7, 11) is 2.27. The molecule has 1 saturated heterocycles. The Bertz CT molecular complexity index is 295. The summed E-state index contributed by atoms with van der Waals surface area (Å²) in [5.41, 5.74) is 6.61. The lowest BCUT2D eigenvalue weighted by Gasteiger charge is -2.52. The van der Waals surface area contributed by atoms with Gasteiger partial charge in [0.25, 0.3) is 0 Å². The molecular formula is C17H35N3. The van der Waals surface area contributed by atoms with E-state index in [1.807, 2.05) is 0 Å². The highest BCUT2D eigenvalue weighted by Crippen LogP contribution is 2.41. The van der Waals surface area contributed by atoms with Crippen molar-refractivity contribution in [3.8, 4) is 0 Å². The third-order valence-electron chi connectivity index (χ3n) is 5.62. The topological polar surface area (TPSA) is 32.5 Å². The van der Waals surface area contributed by atoms with E-state index in [9.17, 15) is 0 Å². The number of nitrogens with zero attached hydrogens (tertiary/aromatic N) is 2. The van der Waals surface area contributed by atoms with Crippen LogP contribution in [-0.4, -0.2) is 54.6 Å². The molecule has 0 spiro atoms. The molecule has 0 aromatic carbocycles. The van der Waals surface area contributed by atoms with Gasteiger partial charge in [0.1, 0.15) is 0 Å². The van der Waals surface area contributed by atoms with Crippen molar-refractivity contribution in [2.75, 3.05) is 33.2 Å². The second kappa shape index (κ2) is 6.76. The Morgan fingerprint density at radius 1 is 1.15 bits per heavy atom. The van der Waals surface area contributed by atoms with E-state index < -0.39 is 0 Å². The van der Waals surface area contributed by atoms with Gasteiger partial charge in [-0.15, -0.1) is 0 Å². The van der Waals surface area contributed by atoms with E-state index in [1.54, 1.807) is 0 Å². The van der Waals surface area contributed by atoms with Gasteiger partial charge in [0.15, 0.2) is 0 Å². The average molecular weight is 281 g/mol. The first-order chi connectivity index (χ1) is 9.50. The van der Waals surface area contributed by atoms with Crippen molar-refractivity contribution in [3.63, 3.8) is 0 Å². The molecule has 0 amide bonds. The molecule has 2 fully saturated rings. The van der Waals surface area contributed by atoms with Crippen molar-refractivity contribution >= 4 is 0 Å². The summed E-state index contributed by atoms with van der Waals surface area (Å²) in [6.45, 7) is 11.7. The molecule has 1 aliphatic heterocycles. The number of rotatable bonds is 3. The molecule has 2 aliphatic rings. The number of nitrogens with two attached hydrogens (primary N) is 1. The Morgan fingerprint density at radius 2 is 1.80 bits per heavy atom. The van der Waals surface area contributed by atoms with Crippen molar-refractivity contribution < 1.29 is 0 Å². The molecule has 1 saturated carbocycles. The van der Waals surface area contributed by atoms with Crippen LogP contribution in [0.15, 0.2) is 0 Å². The van der Waals surface area contributed by atoms with Crippen molar-refractivity contribution in [1.82, 2.24) is 9.80 Å². The molecule has 3 heteroatoms. The molecule has 1 heterocycles. The van der Waals surface area contributed by atoms with Gasteiger partial charge in [-0.2, -0.15) is 0 Å². The Kier molecular flexibility index (Phi) is 5.49. The summed E-state index contributed by atoms with van der Waals surface area (Å²) in [6, 6.07) is 0.684. The second-order valence-corrected chi connectivity index (χ2v) is 7.65. The molecule has 0 bridgehead atoms. The minimum absolute atomic E-state index is 0.267. The van der Waals surface area contributed by atoms with Crippen LogP contribution in [-0.2, 0) is 0 Å². The lowest BCUT2D eigenvalue weighted by molar-refractivity contribution is -0.0106. The van der Waals surface area contributed by atoms with Crippen molar-refractivity contribution in [1.29, 1.82) is 0 Å². The molecule has 2 rings (SSSR count). The second-order valence-electron chi connectivity index (χ2n) is 7.65. The summed E-state index contributed by atoms with van der Waals surface area (Å²) in [5.74, 6) is 1.64. The summed E-state index contributed by atoms with van der Waals surface area (Å²) < 4.78 is 0. The zero-order chi connectivity index (χ0) is 14.8. The minimum atomic E-state index is 0.267. The van der Waals surface area contributed by atoms with Crippen LogP contribution in [0.4, 0.5) is 0 Å². The normalized spacial score (nSPS) is 41.5. The monoisotopic (exact) mass is 281 g/mol. The molecule has 1 aliphatic carbocycles. The first-order valence-electron chi connectivity index (χ1n) is 8.66. The van der Waals surface area contributed by atoms with Gasteiger partial charge in [0.2, 0.25) is 0 Å². The molecule has 0 radical (unpaired) electrons. The molecular weight excluding hydrogens is 246 g/mol. The van der Waals surface area contributed by atoms with Gasteiger partial charge in [0.05, 0.1) is 0 Å². The van der Waals surface area contributed by atoms with E-state index in [0.717, 1.165) is 18.4 Å². The lowest BCUT2D eigenvalue weighted by atomic mass is 9.70. The lowest BCUT2D eigenvalue weighted by Crippen LogP contribution is -2.61. The number of likely N-dealkylation sites (N-methyl/N-ethyl adjacent to an activating group) is 1.